The number of hydrogen-bond acceptors (Lipinski definition) is 0. The third kappa shape index (κ3) is 1.63. The van der Waals surface area contributed by atoms with Gasteiger partial charge in [-0.2, -0.15) is 0 Å². The van der Waals surface area contributed by atoms with E-state index in [0.29, 0.717) is 5.92 Å². The van der Waals surface area contributed by atoms with Gasteiger partial charge in [-0.25, -0.2) is 6.57 Å². The molecule has 2 unspecified atom stereocenters. The van der Waals surface area contributed by atoms with Crippen molar-refractivity contribution >= 4 is 0 Å². The summed E-state index contributed by atoms with van der Waals surface area (Å²) in [6.45, 7) is 13.4. The highest BCUT2D eigenvalue weighted by atomic mass is 14.9. The standard InChI is InChI=1S/C10H15N/c1-8(2)5-6-10(11-4)7-9(10)3/h5,9H,6-7H2,1-3H3. The molecule has 0 spiro atoms. The van der Waals surface area contributed by atoms with Crippen molar-refractivity contribution in [1.82, 2.24) is 0 Å². The maximum absolute atomic E-state index is 7.04. The molecule has 1 heteroatoms. The zero-order chi connectivity index (χ0) is 8.48. The van der Waals surface area contributed by atoms with Crippen LogP contribution in [-0.2, 0) is 0 Å². The lowest BCUT2D eigenvalue weighted by atomic mass is 10.1. The van der Waals surface area contributed by atoms with E-state index in [0.717, 1.165) is 12.8 Å². The van der Waals surface area contributed by atoms with Crippen LogP contribution in [0.1, 0.15) is 33.6 Å². The van der Waals surface area contributed by atoms with Crippen molar-refractivity contribution in [1.29, 1.82) is 0 Å². The van der Waals surface area contributed by atoms with Crippen LogP contribution in [0.25, 0.3) is 4.85 Å². The molecule has 0 aromatic carbocycles. The summed E-state index contributed by atoms with van der Waals surface area (Å²) in [5, 5.41) is 0. The normalized spacial score (nSPS) is 34.2. The Kier molecular flexibility index (Phi) is 2.04. The molecule has 0 saturated heterocycles. The monoisotopic (exact) mass is 149 g/mol. The van der Waals surface area contributed by atoms with Gasteiger partial charge in [-0.1, -0.05) is 18.6 Å². The summed E-state index contributed by atoms with van der Waals surface area (Å²) < 4.78 is 0. The fourth-order valence-electron chi connectivity index (χ4n) is 1.34. The summed E-state index contributed by atoms with van der Waals surface area (Å²) >= 11 is 0. The molecule has 1 saturated carbocycles. The Morgan fingerprint density at radius 3 is 2.55 bits per heavy atom. The van der Waals surface area contributed by atoms with Crippen LogP contribution in [-0.4, -0.2) is 5.54 Å². The lowest BCUT2D eigenvalue weighted by Gasteiger charge is -1.98. The molecule has 1 nitrogen and oxygen atoms in total. The minimum atomic E-state index is -0.00271. The highest BCUT2D eigenvalue weighted by molar-refractivity contribution is 5.20. The van der Waals surface area contributed by atoms with Crippen LogP contribution in [0.4, 0.5) is 0 Å². The van der Waals surface area contributed by atoms with Crippen molar-refractivity contribution in [2.45, 2.75) is 39.2 Å². The minimum Gasteiger partial charge on any atom is -0.310 e. The van der Waals surface area contributed by atoms with E-state index >= 15 is 0 Å². The molecule has 0 aromatic rings. The first-order valence-electron chi connectivity index (χ1n) is 4.13. The molecule has 0 bridgehead atoms. The van der Waals surface area contributed by atoms with Crippen molar-refractivity contribution in [3.05, 3.63) is 23.1 Å². The fourth-order valence-corrected chi connectivity index (χ4v) is 1.34. The molecule has 1 aliphatic carbocycles. The fraction of sp³-hybridized carbons (Fsp3) is 0.700. The zero-order valence-corrected chi connectivity index (χ0v) is 7.52. The third-order valence-corrected chi connectivity index (χ3v) is 2.50. The van der Waals surface area contributed by atoms with E-state index in [2.05, 4.69) is 31.7 Å². The van der Waals surface area contributed by atoms with Gasteiger partial charge in [0.1, 0.15) is 0 Å². The Morgan fingerprint density at radius 2 is 2.27 bits per heavy atom. The molecule has 1 rings (SSSR count). The summed E-state index contributed by atoms with van der Waals surface area (Å²) in [5.74, 6) is 0.621. The highest BCUT2D eigenvalue weighted by Gasteiger charge is 2.58. The van der Waals surface area contributed by atoms with Crippen LogP contribution in [0.5, 0.6) is 0 Å². The first-order valence-corrected chi connectivity index (χ1v) is 4.13. The largest absolute Gasteiger partial charge is 0.310 e. The van der Waals surface area contributed by atoms with E-state index in [4.69, 9.17) is 6.57 Å². The molecule has 0 heterocycles. The average Bonchev–Trinajstić information content (AvgIpc) is 2.59. The van der Waals surface area contributed by atoms with Gasteiger partial charge in [0.25, 0.3) is 0 Å². The molecular weight excluding hydrogens is 134 g/mol. The molecule has 11 heavy (non-hydrogen) atoms. The maximum atomic E-state index is 7.04. The molecular formula is C10H15N. The van der Waals surface area contributed by atoms with E-state index in [1.165, 1.54) is 5.57 Å². The summed E-state index contributed by atoms with van der Waals surface area (Å²) in [6.07, 6.45) is 4.24. The first kappa shape index (κ1) is 8.33. The van der Waals surface area contributed by atoms with E-state index in [1.807, 2.05) is 0 Å². The Labute approximate surface area is 68.9 Å². The molecule has 0 aromatic heterocycles. The Bertz CT molecular complexity index is 218. The van der Waals surface area contributed by atoms with Gasteiger partial charge in [0.2, 0.25) is 5.54 Å². The van der Waals surface area contributed by atoms with Crippen molar-refractivity contribution < 1.29 is 0 Å². The predicted molar refractivity (Wildman–Crippen MR) is 47.2 cm³/mol. The number of allylic oxidation sites excluding steroid dienone is 1. The highest BCUT2D eigenvalue weighted by Crippen LogP contribution is 2.49. The summed E-state index contributed by atoms with van der Waals surface area (Å²) in [5.41, 5.74) is 1.32. The summed E-state index contributed by atoms with van der Waals surface area (Å²) in [6, 6.07) is 0. The maximum Gasteiger partial charge on any atom is 0.239 e. The van der Waals surface area contributed by atoms with Gasteiger partial charge >= 0.3 is 0 Å². The van der Waals surface area contributed by atoms with Crippen LogP contribution < -0.4 is 0 Å². The quantitative estimate of drug-likeness (QED) is 0.420. The Hall–Kier alpha value is -0.770. The first-order chi connectivity index (χ1) is 5.10. The van der Waals surface area contributed by atoms with E-state index in [9.17, 15) is 0 Å². The lowest BCUT2D eigenvalue weighted by Crippen LogP contribution is -2.02. The molecule has 1 aliphatic rings. The minimum absolute atomic E-state index is 0.00271. The van der Waals surface area contributed by atoms with Gasteiger partial charge in [-0.15, -0.1) is 0 Å². The molecule has 1 fully saturated rings. The van der Waals surface area contributed by atoms with Crippen molar-refractivity contribution in [2.75, 3.05) is 0 Å². The zero-order valence-electron chi connectivity index (χ0n) is 7.52. The molecule has 0 amide bonds. The SMILES string of the molecule is [C-]#[N+]C1(CC=C(C)C)CC1C. The van der Waals surface area contributed by atoms with Crippen LogP contribution in [0, 0.1) is 12.5 Å². The Morgan fingerprint density at radius 1 is 1.73 bits per heavy atom. The second-order valence-electron chi connectivity index (χ2n) is 3.81. The van der Waals surface area contributed by atoms with Crippen LogP contribution in [0.15, 0.2) is 11.6 Å². The molecule has 0 aliphatic heterocycles. The van der Waals surface area contributed by atoms with Gasteiger partial charge < -0.3 is 4.85 Å². The summed E-state index contributed by atoms with van der Waals surface area (Å²) in [7, 11) is 0. The van der Waals surface area contributed by atoms with Crippen LogP contribution in [0.3, 0.4) is 0 Å². The third-order valence-electron chi connectivity index (χ3n) is 2.50. The summed E-state index contributed by atoms with van der Waals surface area (Å²) in [4.78, 5) is 3.69. The topological polar surface area (TPSA) is 4.36 Å². The van der Waals surface area contributed by atoms with Crippen molar-refractivity contribution in [2.24, 2.45) is 5.92 Å². The number of rotatable bonds is 2. The lowest BCUT2D eigenvalue weighted by molar-refractivity contribution is 0.722. The molecule has 0 radical (unpaired) electrons. The number of hydrogen-bond donors (Lipinski definition) is 0. The van der Waals surface area contributed by atoms with Gasteiger partial charge in [-0.3, -0.25) is 0 Å². The predicted octanol–water partition coefficient (Wildman–Crippen LogP) is 3.04. The van der Waals surface area contributed by atoms with Crippen molar-refractivity contribution in [3.8, 4) is 0 Å². The van der Waals surface area contributed by atoms with E-state index in [1.54, 1.807) is 0 Å². The van der Waals surface area contributed by atoms with Gasteiger partial charge in [0.15, 0.2) is 0 Å². The van der Waals surface area contributed by atoms with Gasteiger partial charge in [-0.05, 0) is 13.8 Å². The average molecular weight is 149 g/mol. The van der Waals surface area contributed by atoms with Crippen LogP contribution in [0.2, 0.25) is 0 Å². The van der Waals surface area contributed by atoms with Gasteiger partial charge in [0, 0.05) is 18.8 Å². The second kappa shape index (κ2) is 2.70. The molecule has 60 valence electrons. The number of nitrogens with zero attached hydrogens (tertiary/aromatic N) is 1. The smallest absolute Gasteiger partial charge is 0.239 e. The molecule has 2 atom stereocenters. The van der Waals surface area contributed by atoms with Crippen LogP contribution >= 0.6 is 0 Å². The van der Waals surface area contributed by atoms with E-state index in [-0.39, 0.29) is 5.54 Å². The molecule has 0 N–H and O–H groups in total. The van der Waals surface area contributed by atoms with Crippen molar-refractivity contribution in [3.63, 3.8) is 0 Å². The second-order valence-corrected chi connectivity index (χ2v) is 3.81. The Balaban J connectivity index is 2.51. The van der Waals surface area contributed by atoms with Gasteiger partial charge in [0.05, 0.1) is 0 Å². The van der Waals surface area contributed by atoms with E-state index < -0.39 is 0 Å².